The smallest absolute Gasteiger partial charge is 0.410 e. The van der Waals surface area contributed by atoms with E-state index in [1.807, 2.05) is 36.4 Å². The predicted molar refractivity (Wildman–Crippen MR) is 151 cm³/mol. The molecule has 2 saturated carbocycles. The standard InChI is InChI=1S/C29H37N5O7S/c35-25-24-14-22(41-28(38)33-16-19-8-5-6-9-20(19)17-33)18-34(24)27(37)30-13-7-3-1-2-4-10-21-15-29(21,31-25)26(36)32-42(39,40)23-11-12-23/h4-6,8-10,21-24H,1-3,7,11-18H2,(H,30,37)(H,31,35)(H,32,36)/t21-,22-,24+,29-/m1/s1. The number of hydrogen-bond donors (Lipinski definition) is 3. The number of urea groups is 1. The number of allylic oxidation sites excluding steroid dienone is 1. The molecule has 1 aromatic rings. The zero-order valence-electron chi connectivity index (χ0n) is 23.4. The van der Waals surface area contributed by atoms with Gasteiger partial charge in [-0.25, -0.2) is 18.0 Å². The van der Waals surface area contributed by atoms with Crippen LogP contribution in [0.4, 0.5) is 9.59 Å². The molecule has 3 heterocycles. The number of carbonyl (C=O) groups excluding carboxylic acids is 4. The lowest BCUT2D eigenvalue weighted by molar-refractivity contribution is -0.131. The molecule has 5 aliphatic rings. The van der Waals surface area contributed by atoms with Gasteiger partial charge < -0.3 is 20.3 Å². The van der Waals surface area contributed by atoms with Crippen LogP contribution in [-0.2, 0) is 37.4 Å². The Hall–Kier alpha value is -3.61. The Morgan fingerprint density at radius 2 is 1.79 bits per heavy atom. The van der Waals surface area contributed by atoms with Crippen LogP contribution in [0.3, 0.4) is 0 Å². The Kier molecular flexibility index (Phi) is 7.62. The van der Waals surface area contributed by atoms with Crippen LogP contribution in [0.25, 0.3) is 0 Å². The molecular formula is C29H37N5O7S. The van der Waals surface area contributed by atoms with E-state index < -0.39 is 56.9 Å². The molecule has 1 aromatic carbocycles. The van der Waals surface area contributed by atoms with Gasteiger partial charge in [0, 0.05) is 32.0 Å². The molecule has 1 saturated heterocycles. The van der Waals surface area contributed by atoms with Crippen LogP contribution in [-0.4, -0.2) is 78.2 Å². The van der Waals surface area contributed by atoms with E-state index in [0.29, 0.717) is 32.5 Å². The lowest BCUT2D eigenvalue weighted by Crippen LogP contribution is -2.57. The van der Waals surface area contributed by atoms with Gasteiger partial charge in [-0.2, -0.15) is 0 Å². The molecular weight excluding hydrogens is 562 g/mol. The van der Waals surface area contributed by atoms with Gasteiger partial charge in [0.25, 0.3) is 5.91 Å². The molecule has 2 aliphatic carbocycles. The van der Waals surface area contributed by atoms with Crippen molar-refractivity contribution in [3.8, 4) is 0 Å². The zero-order valence-corrected chi connectivity index (χ0v) is 24.2. The van der Waals surface area contributed by atoms with Crippen molar-refractivity contribution in [3.05, 3.63) is 47.5 Å². The third-order valence-electron chi connectivity index (χ3n) is 8.85. The average Bonchev–Trinajstić information content (AvgIpc) is 3.84. The summed E-state index contributed by atoms with van der Waals surface area (Å²) in [6.45, 7) is 1.31. The Morgan fingerprint density at radius 1 is 1.05 bits per heavy atom. The minimum atomic E-state index is -3.82. The van der Waals surface area contributed by atoms with Crippen LogP contribution in [0.5, 0.6) is 0 Å². The molecule has 13 heteroatoms. The number of amides is 5. The largest absolute Gasteiger partial charge is 0.444 e. The molecule has 0 bridgehead atoms. The topological polar surface area (TPSA) is 154 Å². The van der Waals surface area contributed by atoms with Crippen molar-refractivity contribution < 1.29 is 32.3 Å². The van der Waals surface area contributed by atoms with Crippen LogP contribution < -0.4 is 15.4 Å². The summed E-state index contributed by atoms with van der Waals surface area (Å²) in [5.74, 6) is -1.70. The van der Waals surface area contributed by atoms with E-state index in [1.54, 1.807) is 4.90 Å². The van der Waals surface area contributed by atoms with Crippen LogP contribution in [0.2, 0.25) is 0 Å². The van der Waals surface area contributed by atoms with Crippen LogP contribution >= 0.6 is 0 Å². The first-order valence-corrected chi connectivity index (χ1v) is 16.3. The summed E-state index contributed by atoms with van der Waals surface area (Å²) in [5.41, 5.74) is 0.675. The highest BCUT2D eigenvalue weighted by Crippen LogP contribution is 2.46. The molecule has 0 spiro atoms. The van der Waals surface area contributed by atoms with Crippen LogP contribution in [0, 0.1) is 5.92 Å². The Morgan fingerprint density at radius 3 is 2.50 bits per heavy atom. The monoisotopic (exact) mass is 599 g/mol. The van der Waals surface area contributed by atoms with Crippen LogP contribution in [0.1, 0.15) is 62.5 Å². The lowest BCUT2D eigenvalue weighted by Gasteiger charge is -2.26. The highest BCUT2D eigenvalue weighted by atomic mass is 32.2. The molecule has 0 radical (unpaired) electrons. The average molecular weight is 600 g/mol. The normalized spacial score (nSPS) is 29.7. The quantitative estimate of drug-likeness (QED) is 0.447. The number of nitrogens with zero attached hydrogens (tertiary/aromatic N) is 2. The highest BCUT2D eigenvalue weighted by molar-refractivity contribution is 7.91. The summed E-state index contributed by atoms with van der Waals surface area (Å²) < 4.78 is 33.1. The van der Waals surface area contributed by atoms with Crippen molar-refractivity contribution in [2.24, 2.45) is 5.92 Å². The number of fused-ring (bicyclic) bond motifs is 3. The molecule has 12 nitrogen and oxygen atoms in total. The highest BCUT2D eigenvalue weighted by Gasteiger charge is 2.62. The maximum atomic E-state index is 13.7. The molecule has 3 aliphatic heterocycles. The second-order valence-corrected chi connectivity index (χ2v) is 14.0. The van der Waals surface area contributed by atoms with E-state index in [4.69, 9.17) is 4.74 Å². The fraction of sp³-hybridized carbons (Fsp3) is 0.586. The SMILES string of the molecule is O=C1N[C@]2(C(=O)NS(=O)(=O)C3CC3)C[C@H]2C=CCCCCCNC(=O)N2C[C@H](OC(=O)N3Cc4ccccc4C3)C[C@@H]12. The van der Waals surface area contributed by atoms with Gasteiger partial charge in [-0.1, -0.05) is 42.8 Å². The lowest BCUT2D eigenvalue weighted by atomic mass is 10.1. The summed E-state index contributed by atoms with van der Waals surface area (Å²) in [5, 5.41) is 5.09. The first-order valence-electron chi connectivity index (χ1n) is 14.8. The number of nitrogens with one attached hydrogen (secondary N) is 3. The van der Waals surface area contributed by atoms with Gasteiger partial charge in [0.15, 0.2) is 0 Å². The summed E-state index contributed by atoms with van der Waals surface area (Å²) in [6, 6.07) is 6.32. The molecule has 0 unspecified atom stereocenters. The van der Waals surface area contributed by atoms with E-state index in [1.165, 1.54) is 4.90 Å². The Balaban J connectivity index is 1.18. The van der Waals surface area contributed by atoms with Crippen molar-refractivity contribution in [3.63, 3.8) is 0 Å². The second-order valence-electron chi connectivity index (χ2n) is 12.0. The van der Waals surface area contributed by atoms with E-state index in [2.05, 4.69) is 15.4 Å². The number of carbonyl (C=O) groups is 4. The van der Waals surface area contributed by atoms with Gasteiger partial charge in [-0.3, -0.25) is 19.2 Å². The van der Waals surface area contributed by atoms with Gasteiger partial charge in [0.2, 0.25) is 15.9 Å². The first-order chi connectivity index (χ1) is 20.2. The molecule has 6 rings (SSSR count). The Labute approximate surface area is 245 Å². The second kappa shape index (κ2) is 11.2. The molecule has 0 aromatic heterocycles. The van der Waals surface area contributed by atoms with Crippen molar-refractivity contribution in [2.45, 2.75) is 87.4 Å². The summed E-state index contributed by atoms with van der Waals surface area (Å²) in [4.78, 5) is 56.3. The molecule has 42 heavy (non-hydrogen) atoms. The molecule has 226 valence electrons. The fourth-order valence-electron chi connectivity index (χ4n) is 6.12. The fourth-order valence-corrected chi connectivity index (χ4v) is 7.49. The Bertz CT molecular complexity index is 1390. The molecule has 4 atom stereocenters. The maximum absolute atomic E-state index is 13.7. The van der Waals surface area contributed by atoms with Gasteiger partial charge in [0.1, 0.15) is 17.7 Å². The summed E-state index contributed by atoms with van der Waals surface area (Å²) >= 11 is 0. The van der Waals surface area contributed by atoms with Crippen molar-refractivity contribution in [1.29, 1.82) is 0 Å². The zero-order chi connectivity index (χ0) is 29.5. The number of hydrogen-bond acceptors (Lipinski definition) is 7. The third-order valence-corrected chi connectivity index (χ3v) is 10.7. The van der Waals surface area contributed by atoms with E-state index in [0.717, 1.165) is 36.8 Å². The number of sulfonamides is 1. The van der Waals surface area contributed by atoms with Crippen molar-refractivity contribution >= 4 is 34.0 Å². The van der Waals surface area contributed by atoms with E-state index in [9.17, 15) is 27.6 Å². The summed E-state index contributed by atoms with van der Waals surface area (Å²) in [6.07, 6.45) is 7.24. The van der Waals surface area contributed by atoms with Gasteiger partial charge in [-0.05, 0) is 49.7 Å². The minimum absolute atomic E-state index is 0.0229. The molecule has 3 N–H and O–H groups in total. The van der Waals surface area contributed by atoms with E-state index in [-0.39, 0.29) is 25.3 Å². The number of ether oxygens (including phenoxy) is 1. The van der Waals surface area contributed by atoms with E-state index >= 15 is 0 Å². The number of benzene rings is 1. The van der Waals surface area contributed by atoms with Gasteiger partial charge >= 0.3 is 12.1 Å². The number of rotatable bonds is 4. The van der Waals surface area contributed by atoms with Gasteiger partial charge in [-0.15, -0.1) is 0 Å². The maximum Gasteiger partial charge on any atom is 0.410 e. The first kappa shape index (κ1) is 28.5. The molecule has 3 fully saturated rings. The third kappa shape index (κ3) is 5.83. The summed E-state index contributed by atoms with van der Waals surface area (Å²) in [7, 11) is -3.82. The van der Waals surface area contributed by atoms with Gasteiger partial charge in [0.05, 0.1) is 11.8 Å². The predicted octanol–water partition coefficient (Wildman–Crippen LogP) is 1.90. The minimum Gasteiger partial charge on any atom is -0.444 e. The van der Waals surface area contributed by atoms with Crippen molar-refractivity contribution in [2.75, 3.05) is 13.1 Å². The van der Waals surface area contributed by atoms with Crippen molar-refractivity contribution in [1.82, 2.24) is 25.2 Å². The van der Waals surface area contributed by atoms with Crippen LogP contribution in [0.15, 0.2) is 36.4 Å². The molecule has 5 amide bonds.